The van der Waals surface area contributed by atoms with Crippen molar-refractivity contribution < 1.29 is 4.79 Å². The highest BCUT2D eigenvalue weighted by molar-refractivity contribution is 9.10. The quantitative estimate of drug-likeness (QED) is 0.789. The van der Waals surface area contributed by atoms with Gasteiger partial charge < -0.3 is 4.90 Å². The smallest absolute Gasteiger partial charge is 0.253 e. The normalized spacial score (nSPS) is 14.9. The summed E-state index contributed by atoms with van der Waals surface area (Å²) in [5, 5.41) is 0.763. The van der Waals surface area contributed by atoms with Gasteiger partial charge in [0, 0.05) is 28.1 Å². The molecule has 108 valence electrons. The summed E-state index contributed by atoms with van der Waals surface area (Å²) >= 11 is 9.26. The van der Waals surface area contributed by atoms with Crippen molar-refractivity contribution in [2.24, 2.45) is 5.92 Å². The molecule has 0 N–H and O–H groups in total. The molecule has 0 unspecified atom stereocenters. The molecule has 2 aromatic rings. The van der Waals surface area contributed by atoms with Crippen LogP contribution < -0.4 is 0 Å². The third-order valence-electron chi connectivity index (χ3n) is 3.77. The number of carbonyl (C=O) groups excluding carboxylic acids is 1. The first-order valence-corrected chi connectivity index (χ1v) is 8.08. The van der Waals surface area contributed by atoms with Crippen LogP contribution in [-0.4, -0.2) is 23.9 Å². The van der Waals surface area contributed by atoms with Crippen LogP contribution in [0.5, 0.6) is 0 Å². The Morgan fingerprint density at radius 2 is 1.71 bits per heavy atom. The summed E-state index contributed by atoms with van der Waals surface area (Å²) in [6.45, 7) is 1.66. The minimum atomic E-state index is 0.120. The summed E-state index contributed by atoms with van der Waals surface area (Å²) in [4.78, 5) is 14.2. The van der Waals surface area contributed by atoms with Gasteiger partial charge in [-0.2, -0.15) is 0 Å². The number of hydrogen-bond acceptors (Lipinski definition) is 1. The first-order valence-electron chi connectivity index (χ1n) is 6.91. The lowest BCUT2D eigenvalue weighted by molar-refractivity contribution is 0.0501. The van der Waals surface area contributed by atoms with Crippen LogP contribution in [0.15, 0.2) is 53.0 Å². The lowest BCUT2D eigenvalue weighted by Crippen LogP contribution is -2.50. The summed E-state index contributed by atoms with van der Waals surface area (Å²) in [6, 6.07) is 15.5. The predicted molar refractivity (Wildman–Crippen MR) is 88.7 cm³/mol. The Morgan fingerprint density at radius 3 is 2.33 bits per heavy atom. The van der Waals surface area contributed by atoms with Gasteiger partial charge in [-0.3, -0.25) is 4.79 Å². The number of nitrogens with zero attached hydrogens (tertiary/aromatic N) is 1. The molecular weight excluding hydrogens is 350 g/mol. The lowest BCUT2D eigenvalue weighted by Gasteiger charge is -2.39. The van der Waals surface area contributed by atoms with E-state index < -0.39 is 0 Å². The number of amides is 1. The molecule has 1 amide bonds. The molecule has 0 aliphatic carbocycles. The molecule has 1 fully saturated rings. The predicted octanol–water partition coefficient (Wildman–Crippen LogP) is 4.42. The van der Waals surface area contributed by atoms with Crippen LogP contribution in [0.2, 0.25) is 5.02 Å². The number of likely N-dealkylation sites (tertiary alicyclic amines) is 1. The highest BCUT2D eigenvalue weighted by Crippen LogP contribution is 2.23. The van der Waals surface area contributed by atoms with Gasteiger partial charge in [0.05, 0.1) is 0 Å². The average Bonchev–Trinajstić information content (AvgIpc) is 2.44. The monoisotopic (exact) mass is 363 g/mol. The molecule has 1 aliphatic rings. The fourth-order valence-corrected chi connectivity index (χ4v) is 2.98. The Labute approximate surface area is 137 Å². The zero-order valence-corrected chi connectivity index (χ0v) is 13.8. The van der Waals surface area contributed by atoms with Crippen LogP contribution in [0, 0.1) is 5.92 Å². The lowest BCUT2D eigenvalue weighted by atomic mass is 9.91. The maximum absolute atomic E-state index is 12.3. The van der Waals surface area contributed by atoms with Gasteiger partial charge in [-0.1, -0.05) is 39.7 Å². The molecular formula is C17H15BrClNO. The minimum Gasteiger partial charge on any atom is -0.338 e. The van der Waals surface area contributed by atoms with E-state index in [9.17, 15) is 4.79 Å². The second-order valence-electron chi connectivity index (χ2n) is 5.41. The highest BCUT2D eigenvalue weighted by Gasteiger charge is 2.30. The van der Waals surface area contributed by atoms with E-state index in [1.54, 1.807) is 0 Å². The second-order valence-corrected chi connectivity index (χ2v) is 6.77. The molecule has 0 atom stereocenters. The topological polar surface area (TPSA) is 20.3 Å². The Hall–Kier alpha value is -1.32. The van der Waals surface area contributed by atoms with Crippen molar-refractivity contribution in [3.63, 3.8) is 0 Å². The molecule has 4 heteroatoms. The minimum absolute atomic E-state index is 0.120. The van der Waals surface area contributed by atoms with Gasteiger partial charge in [0.25, 0.3) is 5.91 Å². The van der Waals surface area contributed by atoms with Gasteiger partial charge in [-0.25, -0.2) is 0 Å². The zero-order valence-electron chi connectivity index (χ0n) is 11.4. The molecule has 1 aliphatic heterocycles. The molecule has 1 saturated heterocycles. The van der Waals surface area contributed by atoms with Gasteiger partial charge in [-0.15, -0.1) is 0 Å². The van der Waals surface area contributed by atoms with Crippen molar-refractivity contribution in [1.82, 2.24) is 4.90 Å². The molecule has 0 bridgehead atoms. The summed E-state index contributed by atoms with van der Waals surface area (Å²) in [5.41, 5.74) is 2.03. The molecule has 0 spiro atoms. The van der Waals surface area contributed by atoms with Crippen LogP contribution in [-0.2, 0) is 6.42 Å². The number of halogens is 2. The standard InChI is InChI=1S/C17H15BrClNO/c18-15-5-3-14(4-6-15)17(21)20-10-13(11-20)9-12-1-7-16(19)8-2-12/h1-8,13H,9-11H2. The van der Waals surface area contributed by atoms with Crippen molar-refractivity contribution in [2.75, 3.05) is 13.1 Å². The molecule has 0 radical (unpaired) electrons. The van der Waals surface area contributed by atoms with Gasteiger partial charge >= 0.3 is 0 Å². The van der Waals surface area contributed by atoms with Crippen molar-refractivity contribution in [2.45, 2.75) is 6.42 Å². The van der Waals surface area contributed by atoms with Crippen molar-refractivity contribution in [1.29, 1.82) is 0 Å². The van der Waals surface area contributed by atoms with Crippen LogP contribution >= 0.6 is 27.5 Å². The number of rotatable bonds is 3. The van der Waals surface area contributed by atoms with Crippen LogP contribution in [0.25, 0.3) is 0 Å². The molecule has 3 rings (SSSR count). The van der Waals surface area contributed by atoms with Crippen molar-refractivity contribution in [3.8, 4) is 0 Å². The molecule has 2 nitrogen and oxygen atoms in total. The Morgan fingerprint density at radius 1 is 1.10 bits per heavy atom. The van der Waals surface area contributed by atoms with Gasteiger partial charge in [0.15, 0.2) is 0 Å². The first-order chi connectivity index (χ1) is 10.1. The number of hydrogen-bond donors (Lipinski definition) is 0. The summed E-state index contributed by atoms with van der Waals surface area (Å²) < 4.78 is 0.989. The molecule has 21 heavy (non-hydrogen) atoms. The third-order valence-corrected chi connectivity index (χ3v) is 4.55. The summed E-state index contributed by atoms with van der Waals surface area (Å²) in [5.74, 6) is 0.667. The molecule has 0 aromatic heterocycles. The SMILES string of the molecule is O=C(c1ccc(Br)cc1)N1CC(Cc2ccc(Cl)cc2)C1. The van der Waals surface area contributed by atoms with E-state index in [1.165, 1.54) is 5.56 Å². The second kappa shape index (κ2) is 6.20. The maximum Gasteiger partial charge on any atom is 0.253 e. The third kappa shape index (κ3) is 3.47. The molecule has 2 aromatic carbocycles. The van der Waals surface area contributed by atoms with Crippen LogP contribution in [0.1, 0.15) is 15.9 Å². The van der Waals surface area contributed by atoms with Crippen LogP contribution in [0.4, 0.5) is 0 Å². The van der Waals surface area contributed by atoms with E-state index in [0.29, 0.717) is 5.92 Å². The summed E-state index contributed by atoms with van der Waals surface area (Å²) in [7, 11) is 0. The fraction of sp³-hybridized carbons (Fsp3) is 0.235. The van der Waals surface area contributed by atoms with E-state index in [2.05, 4.69) is 28.1 Å². The van der Waals surface area contributed by atoms with E-state index in [4.69, 9.17) is 11.6 Å². The Kier molecular flexibility index (Phi) is 4.32. The van der Waals surface area contributed by atoms with Crippen molar-refractivity contribution in [3.05, 3.63) is 69.2 Å². The largest absolute Gasteiger partial charge is 0.338 e. The Bertz CT molecular complexity index is 633. The average molecular weight is 365 g/mol. The summed E-state index contributed by atoms with van der Waals surface area (Å²) in [6.07, 6.45) is 1.00. The zero-order chi connectivity index (χ0) is 14.8. The van der Waals surface area contributed by atoms with Gasteiger partial charge in [0.2, 0.25) is 0 Å². The van der Waals surface area contributed by atoms with E-state index >= 15 is 0 Å². The fourth-order valence-electron chi connectivity index (χ4n) is 2.59. The van der Waals surface area contributed by atoms with Crippen LogP contribution in [0.3, 0.4) is 0 Å². The van der Waals surface area contributed by atoms with E-state index in [1.807, 2.05) is 41.3 Å². The number of carbonyl (C=O) groups is 1. The van der Waals surface area contributed by atoms with Crippen molar-refractivity contribution >= 4 is 33.4 Å². The van der Waals surface area contributed by atoms with E-state index in [-0.39, 0.29) is 5.91 Å². The first kappa shape index (κ1) is 14.6. The Balaban J connectivity index is 1.54. The molecule has 0 saturated carbocycles. The maximum atomic E-state index is 12.3. The molecule has 1 heterocycles. The van der Waals surface area contributed by atoms with E-state index in [0.717, 1.165) is 34.6 Å². The van der Waals surface area contributed by atoms with Gasteiger partial charge in [-0.05, 0) is 54.3 Å². The highest BCUT2D eigenvalue weighted by atomic mass is 79.9. The number of benzene rings is 2. The van der Waals surface area contributed by atoms with Gasteiger partial charge in [0.1, 0.15) is 0 Å².